The Kier molecular flexibility index (Phi) is 4.57. The zero-order valence-corrected chi connectivity index (χ0v) is 14.8. The van der Waals surface area contributed by atoms with Gasteiger partial charge in [0.1, 0.15) is 16.3 Å². The van der Waals surface area contributed by atoms with E-state index in [2.05, 4.69) is 4.98 Å². The topological polar surface area (TPSA) is 62.7 Å². The number of hydrogen-bond acceptors (Lipinski definition) is 4. The van der Waals surface area contributed by atoms with Crippen LogP contribution in [0.1, 0.15) is 33.3 Å². The summed E-state index contributed by atoms with van der Waals surface area (Å²) in [4.78, 5) is 32.6. The number of ether oxygens (including phenoxy) is 1. The summed E-state index contributed by atoms with van der Waals surface area (Å²) >= 11 is 5.84. The molecule has 126 valence electrons. The van der Waals surface area contributed by atoms with Crippen molar-refractivity contribution in [3.63, 3.8) is 0 Å². The van der Waals surface area contributed by atoms with Crippen LogP contribution in [0.15, 0.2) is 18.3 Å². The van der Waals surface area contributed by atoms with E-state index in [0.717, 1.165) is 0 Å². The molecular formula is C16H22ClN3O3. The highest BCUT2D eigenvalue weighted by atomic mass is 35.5. The van der Waals surface area contributed by atoms with Crippen LogP contribution in [0.2, 0.25) is 5.15 Å². The van der Waals surface area contributed by atoms with Crippen molar-refractivity contribution in [1.29, 1.82) is 0 Å². The number of hydrogen-bond donors (Lipinski definition) is 0. The Morgan fingerprint density at radius 1 is 1.35 bits per heavy atom. The normalized spacial score (nSPS) is 22.3. The summed E-state index contributed by atoms with van der Waals surface area (Å²) in [5.74, 6) is -0.182. The lowest BCUT2D eigenvalue weighted by molar-refractivity contribution is -0.148. The highest BCUT2D eigenvalue weighted by Crippen LogP contribution is 2.34. The van der Waals surface area contributed by atoms with Gasteiger partial charge >= 0.3 is 6.09 Å². The minimum Gasteiger partial charge on any atom is -0.444 e. The Morgan fingerprint density at radius 2 is 2.00 bits per heavy atom. The molecule has 6 nitrogen and oxygen atoms in total. The average Bonchev–Trinajstić information content (AvgIpc) is 2.43. The Labute approximate surface area is 141 Å². The second-order valence-corrected chi connectivity index (χ2v) is 7.19. The van der Waals surface area contributed by atoms with E-state index in [1.807, 2.05) is 0 Å². The molecule has 2 heterocycles. The van der Waals surface area contributed by atoms with Gasteiger partial charge in [0.2, 0.25) is 0 Å². The van der Waals surface area contributed by atoms with Gasteiger partial charge in [0.15, 0.2) is 0 Å². The highest BCUT2D eigenvalue weighted by Gasteiger charge is 2.49. The zero-order chi connectivity index (χ0) is 17.4. The number of carbonyl (C=O) groups is 2. The summed E-state index contributed by atoms with van der Waals surface area (Å²) in [6, 6.07) is 3.32. The van der Waals surface area contributed by atoms with Crippen molar-refractivity contribution >= 4 is 23.6 Å². The molecule has 1 atom stereocenters. The number of pyridine rings is 1. The van der Waals surface area contributed by atoms with E-state index in [1.165, 1.54) is 11.1 Å². The molecule has 0 aromatic carbocycles. The maximum Gasteiger partial charge on any atom is 0.411 e. The van der Waals surface area contributed by atoms with Gasteiger partial charge in [-0.3, -0.25) is 9.69 Å². The van der Waals surface area contributed by atoms with Gasteiger partial charge in [0.25, 0.3) is 5.91 Å². The van der Waals surface area contributed by atoms with Gasteiger partial charge in [-0.05, 0) is 33.8 Å². The number of carbonyl (C=O) groups excluding carboxylic acids is 2. The third-order valence-corrected chi connectivity index (χ3v) is 4.09. The molecule has 7 heteroatoms. The first kappa shape index (κ1) is 17.5. The minimum atomic E-state index is -1.17. The third kappa shape index (κ3) is 3.42. The number of likely N-dealkylation sites (N-methyl/N-ethyl adjacent to an activating group) is 1. The van der Waals surface area contributed by atoms with Gasteiger partial charge in [0.05, 0.1) is 0 Å². The minimum absolute atomic E-state index is 0.182. The van der Waals surface area contributed by atoms with E-state index in [0.29, 0.717) is 23.8 Å². The fourth-order valence-electron chi connectivity index (χ4n) is 2.60. The summed E-state index contributed by atoms with van der Waals surface area (Å²) in [7, 11) is 1.72. The first-order valence-corrected chi connectivity index (χ1v) is 7.82. The fraction of sp³-hybridized carbons (Fsp3) is 0.562. The molecule has 0 bridgehead atoms. The molecule has 1 aliphatic heterocycles. The number of halogens is 1. The van der Waals surface area contributed by atoms with E-state index < -0.39 is 17.2 Å². The number of nitrogens with zero attached hydrogens (tertiary/aromatic N) is 3. The van der Waals surface area contributed by atoms with Crippen LogP contribution < -0.4 is 0 Å². The molecule has 1 aliphatic rings. The number of aromatic nitrogens is 1. The summed E-state index contributed by atoms with van der Waals surface area (Å²) in [6.07, 6.45) is 1.01. The molecular weight excluding hydrogens is 318 g/mol. The maximum atomic E-state index is 12.8. The van der Waals surface area contributed by atoms with Crippen LogP contribution in [-0.4, -0.2) is 52.5 Å². The van der Waals surface area contributed by atoms with E-state index in [-0.39, 0.29) is 5.91 Å². The van der Waals surface area contributed by atoms with Gasteiger partial charge in [-0.2, -0.15) is 0 Å². The molecule has 0 aliphatic carbocycles. The summed E-state index contributed by atoms with van der Waals surface area (Å²) in [5, 5.41) is 0.331. The smallest absolute Gasteiger partial charge is 0.411 e. The van der Waals surface area contributed by atoms with Gasteiger partial charge in [-0.25, -0.2) is 9.78 Å². The molecule has 0 radical (unpaired) electrons. The predicted molar refractivity (Wildman–Crippen MR) is 87.2 cm³/mol. The zero-order valence-electron chi connectivity index (χ0n) is 14.1. The van der Waals surface area contributed by atoms with E-state index >= 15 is 0 Å². The molecule has 1 aromatic heterocycles. The Bertz CT molecular complexity index is 612. The van der Waals surface area contributed by atoms with Crippen molar-refractivity contribution in [3.05, 3.63) is 29.0 Å². The molecule has 1 fully saturated rings. The lowest BCUT2D eigenvalue weighted by atomic mass is 9.88. The van der Waals surface area contributed by atoms with E-state index in [1.54, 1.807) is 51.8 Å². The van der Waals surface area contributed by atoms with Crippen molar-refractivity contribution in [1.82, 2.24) is 14.8 Å². The van der Waals surface area contributed by atoms with Crippen LogP contribution in [0.5, 0.6) is 0 Å². The number of amides is 2. The first-order valence-electron chi connectivity index (χ1n) is 7.44. The maximum absolute atomic E-state index is 12.8. The van der Waals surface area contributed by atoms with Crippen molar-refractivity contribution in [3.8, 4) is 0 Å². The molecule has 0 saturated carbocycles. The van der Waals surface area contributed by atoms with E-state index in [9.17, 15) is 9.59 Å². The largest absolute Gasteiger partial charge is 0.444 e. The van der Waals surface area contributed by atoms with E-state index in [4.69, 9.17) is 16.3 Å². The van der Waals surface area contributed by atoms with Crippen LogP contribution in [0.25, 0.3) is 0 Å². The van der Waals surface area contributed by atoms with Gasteiger partial charge in [-0.15, -0.1) is 0 Å². The van der Waals surface area contributed by atoms with Crippen molar-refractivity contribution in [2.24, 2.45) is 0 Å². The standard InChI is InChI=1S/C16H22ClN3O3/c1-15(2,3)23-14(22)20-9-8-19(5)13(21)16(20,4)11-6-7-12(17)18-10-11/h6-7,10H,8-9H2,1-5H3. The second kappa shape index (κ2) is 6.00. The SMILES string of the molecule is CN1CCN(C(=O)OC(C)(C)C)C(C)(c2ccc(Cl)nc2)C1=O. The molecule has 0 spiro atoms. The van der Waals surface area contributed by atoms with Crippen LogP contribution in [0.3, 0.4) is 0 Å². The van der Waals surface area contributed by atoms with Gasteiger partial charge in [0, 0.05) is 31.9 Å². The molecule has 2 rings (SSSR count). The van der Waals surface area contributed by atoms with Crippen LogP contribution in [-0.2, 0) is 15.1 Å². The second-order valence-electron chi connectivity index (χ2n) is 6.80. The molecule has 23 heavy (non-hydrogen) atoms. The highest BCUT2D eigenvalue weighted by molar-refractivity contribution is 6.29. The van der Waals surface area contributed by atoms with Gasteiger partial charge < -0.3 is 9.64 Å². The average molecular weight is 340 g/mol. The van der Waals surface area contributed by atoms with Crippen LogP contribution in [0.4, 0.5) is 4.79 Å². The lowest BCUT2D eigenvalue weighted by Gasteiger charge is -2.46. The number of piperazine rings is 1. The number of rotatable bonds is 1. The van der Waals surface area contributed by atoms with Crippen molar-refractivity contribution < 1.29 is 14.3 Å². The Hall–Kier alpha value is -1.82. The molecule has 1 aromatic rings. The third-order valence-electron chi connectivity index (χ3n) is 3.87. The predicted octanol–water partition coefficient (Wildman–Crippen LogP) is 2.66. The van der Waals surface area contributed by atoms with Crippen LogP contribution in [0, 0.1) is 0 Å². The van der Waals surface area contributed by atoms with Crippen molar-refractivity contribution in [2.75, 3.05) is 20.1 Å². The molecule has 0 N–H and O–H groups in total. The fourth-order valence-corrected chi connectivity index (χ4v) is 2.71. The summed E-state index contributed by atoms with van der Waals surface area (Å²) < 4.78 is 5.47. The molecule has 1 saturated heterocycles. The van der Waals surface area contributed by atoms with Gasteiger partial charge in [-0.1, -0.05) is 17.7 Å². The monoisotopic (exact) mass is 339 g/mol. The molecule has 2 amide bonds. The first-order chi connectivity index (χ1) is 10.6. The summed E-state index contributed by atoms with van der Waals surface area (Å²) in [5.41, 5.74) is -1.21. The Balaban J connectivity index is 2.45. The quantitative estimate of drug-likeness (QED) is 0.738. The molecule has 1 unspecified atom stereocenters. The van der Waals surface area contributed by atoms with Crippen LogP contribution >= 0.6 is 11.6 Å². The summed E-state index contributed by atoms with van der Waals surface area (Å²) in [6.45, 7) is 7.93. The Morgan fingerprint density at radius 3 is 2.52 bits per heavy atom. The van der Waals surface area contributed by atoms with Crippen molar-refractivity contribution in [2.45, 2.75) is 38.8 Å². The lowest BCUT2D eigenvalue weighted by Crippen LogP contribution is -2.63.